The highest BCUT2D eigenvalue weighted by atomic mass is 32.2. The molecule has 0 unspecified atom stereocenters. The van der Waals surface area contributed by atoms with Gasteiger partial charge in [0.2, 0.25) is 0 Å². The molecule has 0 atom stereocenters. The van der Waals surface area contributed by atoms with Crippen molar-refractivity contribution >= 4 is 16.9 Å². The highest BCUT2D eigenvalue weighted by Crippen LogP contribution is 2.31. The highest BCUT2D eigenvalue weighted by molar-refractivity contribution is 7.97. The molecule has 3 heteroatoms. The van der Waals surface area contributed by atoms with E-state index in [0.29, 0.717) is 5.56 Å². The number of carbonyl (C=O) groups excluding carboxylic acids is 1. The number of carbonyl (C=O) groups is 1. The van der Waals surface area contributed by atoms with Gasteiger partial charge >= 0.3 is 5.97 Å². The summed E-state index contributed by atoms with van der Waals surface area (Å²) in [6, 6.07) is 28.1. The number of rotatable bonds is 5. The zero-order chi connectivity index (χ0) is 17.5. The van der Waals surface area contributed by atoms with E-state index in [1.165, 1.54) is 9.79 Å². The molecule has 0 aromatic heterocycles. The summed E-state index contributed by atoms with van der Waals surface area (Å²) in [5, 5.41) is 0. The average molecular weight is 345 g/mol. The third-order valence-corrected chi connectivity index (χ3v) is 5.76. The van der Waals surface area contributed by atoms with Gasteiger partial charge in [-0.1, -0.05) is 48.4 Å². The van der Waals surface area contributed by atoms with Crippen molar-refractivity contribution < 1.29 is 9.53 Å². The second-order valence-electron chi connectivity index (χ2n) is 5.24. The van der Waals surface area contributed by atoms with Gasteiger partial charge < -0.3 is 4.74 Å². The van der Waals surface area contributed by atoms with E-state index in [2.05, 4.69) is 30.2 Å². The molecule has 0 spiro atoms. The molecule has 2 nitrogen and oxygen atoms in total. The smallest absolute Gasteiger partial charge is 0.339 e. The minimum Gasteiger partial charge on any atom is -0.449 e. The van der Waals surface area contributed by atoms with Crippen LogP contribution in [-0.2, 0) is 15.6 Å². The first-order chi connectivity index (χ1) is 12.3. The fraction of sp³-hybridized carbons (Fsp3) is 0.0455. The molecule has 25 heavy (non-hydrogen) atoms. The van der Waals surface area contributed by atoms with E-state index in [4.69, 9.17) is 11.2 Å². The Morgan fingerprint density at radius 3 is 1.96 bits per heavy atom. The van der Waals surface area contributed by atoms with E-state index in [1.807, 2.05) is 54.6 Å². The summed E-state index contributed by atoms with van der Waals surface area (Å²) in [6.45, 7) is -0.0217. The Balaban J connectivity index is 2.03. The molecule has 0 amide bonds. The monoisotopic (exact) mass is 345 g/mol. The molecule has 0 radical (unpaired) electrons. The van der Waals surface area contributed by atoms with E-state index in [1.54, 1.807) is 6.07 Å². The van der Waals surface area contributed by atoms with Crippen molar-refractivity contribution in [2.24, 2.45) is 0 Å². The fourth-order valence-electron chi connectivity index (χ4n) is 2.46. The van der Waals surface area contributed by atoms with Crippen LogP contribution in [0, 0.1) is 12.3 Å². The predicted molar refractivity (Wildman–Crippen MR) is 101 cm³/mol. The molecular weight excluding hydrogens is 328 g/mol. The number of ether oxygens (including phenoxy) is 1. The van der Waals surface area contributed by atoms with Gasteiger partial charge in [-0.2, -0.15) is 0 Å². The molecule has 122 valence electrons. The van der Waals surface area contributed by atoms with Gasteiger partial charge in [0, 0.05) is 6.07 Å². The number of benzene rings is 3. The molecule has 0 aliphatic rings. The Morgan fingerprint density at radius 1 is 0.840 bits per heavy atom. The Labute approximate surface area is 150 Å². The number of esters is 1. The lowest BCUT2D eigenvalue weighted by Gasteiger charge is -2.09. The van der Waals surface area contributed by atoms with Crippen LogP contribution in [0.15, 0.2) is 99.6 Å². The molecule has 0 aliphatic carbocycles. The van der Waals surface area contributed by atoms with Crippen molar-refractivity contribution in [2.75, 3.05) is 6.61 Å². The maximum absolute atomic E-state index is 12.1. The van der Waals surface area contributed by atoms with Gasteiger partial charge in [0.1, 0.15) is 0 Å². The molecule has 0 heterocycles. The molecule has 3 rings (SSSR count). The Hall–Kier alpha value is -2.96. The second-order valence-corrected chi connectivity index (χ2v) is 7.27. The fourth-order valence-corrected chi connectivity index (χ4v) is 4.60. The first-order valence-corrected chi connectivity index (χ1v) is 9.07. The van der Waals surface area contributed by atoms with E-state index < -0.39 is 5.97 Å². The lowest BCUT2D eigenvalue weighted by molar-refractivity contribution is 0.0556. The highest BCUT2D eigenvalue weighted by Gasteiger charge is 2.29. The molecule has 0 fully saturated rings. The number of terminal acetylenes is 1. The van der Waals surface area contributed by atoms with Crippen LogP contribution in [0.2, 0.25) is 0 Å². The van der Waals surface area contributed by atoms with Gasteiger partial charge in [0.15, 0.2) is 21.3 Å². The van der Waals surface area contributed by atoms with Crippen LogP contribution in [0.25, 0.3) is 0 Å². The zero-order valence-corrected chi connectivity index (χ0v) is 14.4. The Kier molecular flexibility index (Phi) is 5.56. The summed E-state index contributed by atoms with van der Waals surface area (Å²) >= 11 is 0. The SMILES string of the molecule is C#CCOC(=O)c1cccc([S+](c2ccccc2)c2ccccc2)c1. The van der Waals surface area contributed by atoms with Crippen LogP contribution in [0.1, 0.15) is 10.4 Å². The van der Waals surface area contributed by atoms with Crippen molar-refractivity contribution in [1.29, 1.82) is 0 Å². The third-order valence-electron chi connectivity index (χ3n) is 3.55. The Bertz CT molecular complexity index is 843. The number of hydrogen-bond acceptors (Lipinski definition) is 2. The summed E-state index contributed by atoms with van der Waals surface area (Å²) in [5.74, 6) is 1.92. The summed E-state index contributed by atoms with van der Waals surface area (Å²) in [7, 11) is -0.295. The van der Waals surface area contributed by atoms with Crippen LogP contribution in [-0.4, -0.2) is 12.6 Å². The number of hydrogen-bond donors (Lipinski definition) is 0. The quantitative estimate of drug-likeness (QED) is 0.385. The largest absolute Gasteiger partial charge is 0.449 e. The molecular formula is C22H17O2S+. The van der Waals surface area contributed by atoms with Crippen molar-refractivity contribution in [3.8, 4) is 12.3 Å². The molecule has 3 aromatic carbocycles. The summed E-state index contributed by atoms with van der Waals surface area (Å²) < 4.78 is 5.05. The molecule has 0 aliphatic heterocycles. The van der Waals surface area contributed by atoms with E-state index in [-0.39, 0.29) is 17.5 Å². The normalized spacial score (nSPS) is 10.2. The summed E-state index contributed by atoms with van der Waals surface area (Å²) in [6.07, 6.45) is 5.16. The van der Waals surface area contributed by atoms with Crippen LogP contribution in [0.5, 0.6) is 0 Å². The molecule has 0 saturated heterocycles. The minimum atomic E-state index is -0.399. The zero-order valence-electron chi connectivity index (χ0n) is 13.6. The van der Waals surface area contributed by atoms with Crippen molar-refractivity contribution in [2.45, 2.75) is 14.7 Å². The van der Waals surface area contributed by atoms with E-state index >= 15 is 0 Å². The second kappa shape index (κ2) is 8.23. The maximum Gasteiger partial charge on any atom is 0.339 e. The van der Waals surface area contributed by atoms with Gasteiger partial charge in [-0.15, -0.1) is 6.42 Å². The molecule has 3 aromatic rings. The maximum atomic E-state index is 12.1. The Morgan fingerprint density at radius 2 is 1.40 bits per heavy atom. The molecule has 0 saturated carbocycles. The predicted octanol–water partition coefficient (Wildman–Crippen LogP) is 4.57. The average Bonchev–Trinajstić information content (AvgIpc) is 2.68. The summed E-state index contributed by atoms with van der Waals surface area (Å²) in [4.78, 5) is 15.6. The van der Waals surface area contributed by atoms with Gasteiger partial charge in [0.05, 0.1) is 16.5 Å². The van der Waals surface area contributed by atoms with Gasteiger partial charge in [-0.3, -0.25) is 0 Å². The van der Waals surface area contributed by atoms with Gasteiger partial charge in [0.25, 0.3) is 0 Å². The lowest BCUT2D eigenvalue weighted by Crippen LogP contribution is -2.09. The first kappa shape index (κ1) is 16.9. The third kappa shape index (κ3) is 4.12. The van der Waals surface area contributed by atoms with E-state index in [0.717, 1.165) is 4.90 Å². The van der Waals surface area contributed by atoms with Crippen molar-refractivity contribution in [3.05, 3.63) is 90.5 Å². The van der Waals surface area contributed by atoms with Crippen LogP contribution < -0.4 is 0 Å². The van der Waals surface area contributed by atoms with Crippen LogP contribution >= 0.6 is 0 Å². The van der Waals surface area contributed by atoms with Crippen LogP contribution in [0.3, 0.4) is 0 Å². The lowest BCUT2D eigenvalue weighted by atomic mass is 10.2. The first-order valence-electron chi connectivity index (χ1n) is 7.84. The van der Waals surface area contributed by atoms with Crippen molar-refractivity contribution in [3.63, 3.8) is 0 Å². The molecule has 0 bridgehead atoms. The summed E-state index contributed by atoms with van der Waals surface area (Å²) in [5.41, 5.74) is 0.511. The molecule has 0 N–H and O–H groups in total. The topological polar surface area (TPSA) is 26.3 Å². The minimum absolute atomic E-state index is 0.0217. The van der Waals surface area contributed by atoms with Gasteiger partial charge in [-0.25, -0.2) is 4.79 Å². The standard InChI is InChI=1S/C22H17O2S/c1-2-16-24-22(23)18-10-9-15-21(17-18)25(19-11-5-3-6-12-19)20-13-7-4-8-14-20/h1,3-15,17H,16H2/q+1. The van der Waals surface area contributed by atoms with Crippen LogP contribution in [0.4, 0.5) is 0 Å². The van der Waals surface area contributed by atoms with Crippen molar-refractivity contribution in [1.82, 2.24) is 0 Å². The van der Waals surface area contributed by atoms with E-state index in [9.17, 15) is 4.79 Å². The van der Waals surface area contributed by atoms with Gasteiger partial charge in [-0.05, 0) is 36.4 Å².